The molecule has 100 valence electrons. The number of imidazole rings is 1. The average Bonchev–Trinajstić information content (AvgIpc) is 3.12. The molecule has 0 fully saturated rings. The van der Waals surface area contributed by atoms with Crippen LogP contribution in [0.1, 0.15) is 23.1 Å². The van der Waals surface area contributed by atoms with Gasteiger partial charge in [-0.1, -0.05) is 30.0 Å². The third kappa shape index (κ3) is 2.18. The van der Waals surface area contributed by atoms with Crippen LogP contribution >= 0.6 is 11.8 Å². The minimum Gasteiger partial charge on any atom is -0.342 e. The van der Waals surface area contributed by atoms with Crippen LogP contribution in [0, 0.1) is 0 Å². The van der Waals surface area contributed by atoms with E-state index in [-0.39, 0.29) is 0 Å². The van der Waals surface area contributed by atoms with Crippen LogP contribution in [-0.2, 0) is 18.6 Å². The van der Waals surface area contributed by atoms with E-state index in [1.54, 1.807) is 24.3 Å². The summed E-state index contributed by atoms with van der Waals surface area (Å²) in [5.74, 6) is 0.906. The van der Waals surface area contributed by atoms with Gasteiger partial charge in [-0.05, 0) is 36.0 Å². The Labute approximate surface area is 121 Å². The Hall–Kier alpha value is -1.88. The molecule has 4 rings (SSSR count). The fourth-order valence-electron chi connectivity index (χ4n) is 2.65. The summed E-state index contributed by atoms with van der Waals surface area (Å²) in [6, 6.07) is 6.84. The highest BCUT2D eigenvalue weighted by atomic mass is 32.2. The predicted molar refractivity (Wildman–Crippen MR) is 79.7 cm³/mol. The average molecular weight is 282 g/mol. The van der Waals surface area contributed by atoms with Crippen LogP contribution in [0.4, 0.5) is 0 Å². The Morgan fingerprint density at radius 3 is 3.10 bits per heavy atom. The monoisotopic (exact) mass is 282 g/mol. The molecule has 0 radical (unpaired) electrons. The predicted octanol–water partition coefficient (Wildman–Crippen LogP) is 3.13. The normalized spacial score (nSPS) is 13.8. The van der Waals surface area contributed by atoms with Crippen LogP contribution in [0.5, 0.6) is 0 Å². The summed E-state index contributed by atoms with van der Waals surface area (Å²) in [5.41, 5.74) is 6.00. The van der Waals surface area contributed by atoms with E-state index in [0.29, 0.717) is 0 Å². The molecule has 1 aliphatic rings. The van der Waals surface area contributed by atoms with Crippen molar-refractivity contribution in [2.75, 3.05) is 0 Å². The minimum absolute atomic E-state index is 0.733. The minimum atomic E-state index is 0.733. The first-order chi connectivity index (χ1) is 9.88. The van der Waals surface area contributed by atoms with Crippen LogP contribution < -0.4 is 0 Å². The van der Waals surface area contributed by atoms with E-state index in [4.69, 9.17) is 0 Å². The van der Waals surface area contributed by atoms with E-state index in [2.05, 4.69) is 38.1 Å². The smallest absolute Gasteiger partial charge is 0.190 e. The Balaban J connectivity index is 1.52. The summed E-state index contributed by atoms with van der Waals surface area (Å²) in [7, 11) is 0. The highest BCUT2D eigenvalue weighted by Crippen LogP contribution is 2.26. The second kappa shape index (κ2) is 4.90. The Bertz CT molecular complexity index is 765. The van der Waals surface area contributed by atoms with E-state index >= 15 is 0 Å². The van der Waals surface area contributed by atoms with Crippen molar-refractivity contribution in [2.24, 2.45) is 0 Å². The first-order valence-corrected chi connectivity index (χ1v) is 7.77. The van der Waals surface area contributed by atoms with Crippen LogP contribution in [0.3, 0.4) is 0 Å². The summed E-state index contributed by atoms with van der Waals surface area (Å²) >= 11 is 1.66. The van der Waals surface area contributed by atoms with E-state index < -0.39 is 0 Å². The lowest BCUT2D eigenvalue weighted by atomic mass is 10.1. The van der Waals surface area contributed by atoms with E-state index in [9.17, 15) is 0 Å². The molecule has 0 amide bonds. The van der Waals surface area contributed by atoms with Gasteiger partial charge in [0.05, 0.1) is 12.5 Å². The van der Waals surface area contributed by atoms with Crippen LogP contribution in [0.2, 0.25) is 0 Å². The first kappa shape index (κ1) is 11.9. The number of hydrogen-bond acceptors (Lipinski definition) is 4. The number of nitrogens with one attached hydrogen (secondary N) is 1. The molecule has 1 aliphatic carbocycles. The number of nitrogens with zero attached hydrogens (tertiary/aromatic N) is 3. The third-order valence-corrected chi connectivity index (χ3v) is 4.62. The second-order valence-electron chi connectivity index (χ2n) is 5.04. The fraction of sp³-hybridized carbons (Fsp3) is 0.267. The lowest BCUT2D eigenvalue weighted by Gasteiger charge is -2.04. The highest BCUT2D eigenvalue weighted by molar-refractivity contribution is 7.98. The number of thioether (sulfide) groups is 1. The van der Waals surface area contributed by atoms with Crippen molar-refractivity contribution >= 4 is 22.9 Å². The molecule has 0 spiro atoms. The summed E-state index contributed by atoms with van der Waals surface area (Å²) in [6.45, 7) is 0. The van der Waals surface area contributed by atoms with Gasteiger partial charge in [-0.15, -0.1) is 0 Å². The molecule has 0 atom stereocenters. The SMILES string of the molecule is c1nc2nc(SCc3ccc4c(c3)CCC4)ncc2[nH]1. The zero-order chi connectivity index (χ0) is 13.4. The summed E-state index contributed by atoms with van der Waals surface area (Å²) in [6.07, 6.45) is 7.20. The summed E-state index contributed by atoms with van der Waals surface area (Å²) in [4.78, 5) is 15.9. The van der Waals surface area contributed by atoms with Gasteiger partial charge in [0.2, 0.25) is 0 Å². The number of benzene rings is 1. The molecule has 0 saturated heterocycles. The molecular formula is C15H14N4S. The molecule has 1 N–H and O–H groups in total. The molecule has 1 aromatic carbocycles. The maximum absolute atomic E-state index is 4.43. The van der Waals surface area contributed by atoms with Gasteiger partial charge in [0.15, 0.2) is 10.8 Å². The standard InChI is InChI=1S/C15H14N4S/c1-2-11-5-4-10(6-12(11)3-1)8-20-15-16-7-13-14(19-15)18-9-17-13/h4-7,9H,1-3,8H2,(H,16,17,18,19). The molecule has 2 heterocycles. The van der Waals surface area contributed by atoms with Gasteiger partial charge in [-0.25, -0.2) is 15.0 Å². The van der Waals surface area contributed by atoms with Gasteiger partial charge in [0.25, 0.3) is 0 Å². The van der Waals surface area contributed by atoms with Crippen molar-refractivity contribution in [3.8, 4) is 0 Å². The van der Waals surface area contributed by atoms with E-state index in [1.165, 1.54) is 36.0 Å². The molecule has 0 aliphatic heterocycles. The molecular weight excluding hydrogens is 268 g/mol. The molecule has 2 aromatic heterocycles. The zero-order valence-electron chi connectivity index (χ0n) is 11.0. The molecule has 0 bridgehead atoms. The van der Waals surface area contributed by atoms with Crippen molar-refractivity contribution in [1.82, 2.24) is 19.9 Å². The van der Waals surface area contributed by atoms with Crippen molar-refractivity contribution < 1.29 is 0 Å². The molecule has 0 saturated carbocycles. The van der Waals surface area contributed by atoms with Crippen molar-refractivity contribution in [2.45, 2.75) is 30.2 Å². The van der Waals surface area contributed by atoms with Gasteiger partial charge < -0.3 is 4.98 Å². The van der Waals surface area contributed by atoms with Gasteiger partial charge in [-0.3, -0.25) is 0 Å². The van der Waals surface area contributed by atoms with Gasteiger partial charge in [0, 0.05) is 5.75 Å². The maximum Gasteiger partial charge on any atom is 0.190 e. The number of aromatic nitrogens is 4. The number of H-pyrrole nitrogens is 1. The summed E-state index contributed by atoms with van der Waals surface area (Å²) < 4.78 is 0. The topological polar surface area (TPSA) is 54.5 Å². The third-order valence-electron chi connectivity index (χ3n) is 3.68. The molecule has 20 heavy (non-hydrogen) atoms. The molecule has 0 unspecified atom stereocenters. The largest absolute Gasteiger partial charge is 0.342 e. The number of fused-ring (bicyclic) bond motifs is 2. The van der Waals surface area contributed by atoms with E-state index in [1.807, 2.05) is 0 Å². The van der Waals surface area contributed by atoms with Crippen LogP contribution in [0.15, 0.2) is 35.9 Å². The van der Waals surface area contributed by atoms with E-state index in [0.717, 1.165) is 22.1 Å². The number of rotatable bonds is 3. The molecule has 3 aromatic rings. The van der Waals surface area contributed by atoms with Gasteiger partial charge >= 0.3 is 0 Å². The Kier molecular flexibility index (Phi) is 2.92. The van der Waals surface area contributed by atoms with Gasteiger partial charge in [-0.2, -0.15) is 0 Å². The maximum atomic E-state index is 4.43. The Morgan fingerprint density at radius 1 is 1.15 bits per heavy atom. The fourth-order valence-corrected chi connectivity index (χ4v) is 3.41. The lowest BCUT2D eigenvalue weighted by Crippen LogP contribution is -1.90. The zero-order valence-corrected chi connectivity index (χ0v) is 11.8. The van der Waals surface area contributed by atoms with Crippen molar-refractivity contribution in [3.05, 3.63) is 47.4 Å². The Morgan fingerprint density at radius 2 is 2.10 bits per heavy atom. The second-order valence-corrected chi connectivity index (χ2v) is 5.98. The van der Waals surface area contributed by atoms with Crippen LogP contribution in [0.25, 0.3) is 11.2 Å². The first-order valence-electron chi connectivity index (χ1n) is 6.78. The summed E-state index contributed by atoms with van der Waals surface area (Å²) in [5, 5.41) is 0.782. The lowest BCUT2D eigenvalue weighted by molar-refractivity contribution is 0.911. The van der Waals surface area contributed by atoms with Crippen molar-refractivity contribution in [1.29, 1.82) is 0 Å². The van der Waals surface area contributed by atoms with Gasteiger partial charge in [0.1, 0.15) is 5.52 Å². The van der Waals surface area contributed by atoms with Crippen LogP contribution in [-0.4, -0.2) is 19.9 Å². The van der Waals surface area contributed by atoms with Crippen molar-refractivity contribution in [3.63, 3.8) is 0 Å². The number of aryl methyl sites for hydroxylation is 2. The number of aromatic amines is 1. The highest BCUT2D eigenvalue weighted by Gasteiger charge is 2.11. The quantitative estimate of drug-likeness (QED) is 0.592. The molecule has 5 heteroatoms. The molecule has 4 nitrogen and oxygen atoms in total. The number of hydrogen-bond donors (Lipinski definition) is 1.